The number of methoxy groups -OCH3 is 1. The number of ether oxygens (including phenoxy) is 1. The van der Waals surface area contributed by atoms with Crippen LogP contribution in [0.1, 0.15) is 30.8 Å². The van der Waals surface area contributed by atoms with E-state index in [2.05, 4.69) is 39.5 Å². The first-order valence-corrected chi connectivity index (χ1v) is 10.7. The number of carbonyl (C=O) groups excluding carboxylic acids is 1. The summed E-state index contributed by atoms with van der Waals surface area (Å²) in [6.45, 7) is 7.16. The van der Waals surface area contributed by atoms with E-state index in [4.69, 9.17) is 4.74 Å². The number of rotatable bonds is 7. The zero-order valence-corrected chi connectivity index (χ0v) is 19.1. The molecule has 4 heterocycles. The van der Waals surface area contributed by atoms with Gasteiger partial charge < -0.3 is 20.3 Å². The standard InChI is InChI=1S/C23H29N7O2/c1-14(2)22-23(31)28-21-15(3)26-19(9-18(21)29(22)4)24-10-16-11-25-30(12-16)13-17-7-6-8-20(27-17)32-5/h6-9,11-12,14,22H,10,13H2,1-5H3,(H,24,26)(H,28,31). The molecule has 1 aliphatic heterocycles. The molecule has 168 valence electrons. The molecule has 1 unspecified atom stereocenters. The molecule has 9 heteroatoms. The molecule has 32 heavy (non-hydrogen) atoms. The number of anilines is 3. The Kier molecular flexibility index (Phi) is 5.98. The topological polar surface area (TPSA) is 97.2 Å². The molecule has 0 saturated carbocycles. The molecule has 3 aromatic heterocycles. The lowest BCUT2D eigenvalue weighted by atomic mass is 9.98. The Morgan fingerprint density at radius 3 is 2.84 bits per heavy atom. The van der Waals surface area contributed by atoms with Crippen molar-refractivity contribution in [1.29, 1.82) is 0 Å². The van der Waals surface area contributed by atoms with Crippen molar-refractivity contribution in [2.75, 3.05) is 29.7 Å². The van der Waals surface area contributed by atoms with E-state index in [0.29, 0.717) is 19.0 Å². The highest BCUT2D eigenvalue weighted by Crippen LogP contribution is 2.36. The number of aromatic nitrogens is 4. The summed E-state index contributed by atoms with van der Waals surface area (Å²) in [4.78, 5) is 23.6. The van der Waals surface area contributed by atoms with Gasteiger partial charge in [0, 0.05) is 37.5 Å². The molecule has 0 fully saturated rings. The average molecular weight is 436 g/mol. The Hall–Kier alpha value is -3.62. The minimum absolute atomic E-state index is 0.0125. The largest absolute Gasteiger partial charge is 0.481 e. The summed E-state index contributed by atoms with van der Waals surface area (Å²) >= 11 is 0. The minimum Gasteiger partial charge on any atom is -0.481 e. The monoisotopic (exact) mass is 435 g/mol. The van der Waals surface area contributed by atoms with E-state index in [9.17, 15) is 4.79 Å². The number of carbonyl (C=O) groups is 1. The molecular formula is C23H29N7O2. The van der Waals surface area contributed by atoms with Gasteiger partial charge in [0.1, 0.15) is 11.9 Å². The molecule has 0 aromatic carbocycles. The van der Waals surface area contributed by atoms with Crippen LogP contribution >= 0.6 is 0 Å². The third-order valence-electron chi connectivity index (χ3n) is 5.60. The van der Waals surface area contributed by atoms with Crippen molar-refractivity contribution in [2.45, 2.75) is 39.9 Å². The van der Waals surface area contributed by atoms with E-state index in [-0.39, 0.29) is 17.9 Å². The molecule has 2 N–H and O–H groups in total. The van der Waals surface area contributed by atoms with E-state index in [0.717, 1.165) is 34.1 Å². The second-order valence-corrected chi connectivity index (χ2v) is 8.35. The quantitative estimate of drug-likeness (QED) is 0.589. The van der Waals surface area contributed by atoms with Gasteiger partial charge in [0.15, 0.2) is 0 Å². The molecular weight excluding hydrogens is 406 g/mol. The lowest BCUT2D eigenvalue weighted by molar-refractivity contribution is -0.118. The first-order valence-electron chi connectivity index (χ1n) is 10.7. The summed E-state index contributed by atoms with van der Waals surface area (Å²) in [5, 5.41) is 10.8. The SMILES string of the molecule is COc1cccc(Cn2cc(CNc3cc4c(c(C)n3)NC(=O)C(C(C)C)N4C)cn2)n1. The Morgan fingerprint density at radius 2 is 2.09 bits per heavy atom. The van der Waals surface area contributed by atoms with Crippen molar-refractivity contribution in [1.82, 2.24) is 19.7 Å². The van der Waals surface area contributed by atoms with E-state index in [1.54, 1.807) is 7.11 Å². The second-order valence-electron chi connectivity index (χ2n) is 8.35. The zero-order valence-electron chi connectivity index (χ0n) is 19.1. The fraction of sp³-hybridized carbons (Fsp3) is 0.391. The van der Waals surface area contributed by atoms with Crippen molar-refractivity contribution in [2.24, 2.45) is 5.92 Å². The molecule has 0 spiro atoms. The molecule has 0 saturated heterocycles. The first kappa shape index (κ1) is 21.6. The summed E-state index contributed by atoms with van der Waals surface area (Å²) < 4.78 is 7.03. The van der Waals surface area contributed by atoms with Gasteiger partial charge in [-0.1, -0.05) is 19.9 Å². The molecule has 0 radical (unpaired) electrons. The lowest BCUT2D eigenvalue weighted by Gasteiger charge is -2.38. The van der Waals surface area contributed by atoms with Crippen LogP contribution in [0.15, 0.2) is 36.7 Å². The predicted octanol–water partition coefficient (Wildman–Crippen LogP) is 3.06. The Morgan fingerprint density at radius 1 is 1.28 bits per heavy atom. The molecule has 3 aromatic rings. The van der Waals surface area contributed by atoms with Crippen LogP contribution in [0, 0.1) is 12.8 Å². The van der Waals surface area contributed by atoms with Gasteiger partial charge in [0.25, 0.3) is 0 Å². The molecule has 0 aliphatic carbocycles. The van der Waals surface area contributed by atoms with E-state index in [1.807, 2.05) is 60.2 Å². The minimum atomic E-state index is -0.208. The number of amides is 1. The Balaban J connectivity index is 1.46. The molecule has 1 aliphatic rings. The zero-order chi connectivity index (χ0) is 22.8. The summed E-state index contributed by atoms with van der Waals surface area (Å²) in [7, 11) is 3.57. The molecule has 9 nitrogen and oxygen atoms in total. The predicted molar refractivity (Wildman–Crippen MR) is 124 cm³/mol. The van der Waals surface area contributed by atoms with Crippen LogP contribution in [0.4, 0.5) is 17.2 Å². The van der Waals surface area contributed by atoms with Crippen LogP contribution in [0.5, 0.6) is 5.88 Å². The number of hydrogen-bond donors (Lipinski definition) is 2. The van der Waals surface area contributed by atoms with Crippen LogP contribution in [-0.2, 0) is 17.9 Å². The van der Waals surface area contributed by atoms with Crippen LogP contribution < -0.4 is 20.3 Å². The van der Waals surface area contributed by atoms with Crippen molar-refractivity contribution < 1.29 is 9.53 Å². The van der Waals surface area contributed by atoms with E-state index >= 15 is 0 Å². The van der Waals surface area contributed by atoms with Crippen LogP contribution in [0.3, 0.4) is 0 Å². The first-order chi connectivity index (χ1) is 15.4. The third-order valence-corrected chi connectivity index (χ3v) is 5.60. The van der Waals surface area contributed by atoms with Crippen LogP contribution in [0.25, 0.3) is 0 Å². The van der Waals surface area contributed by atoms with Gasteiger partial charge in [-0.3, -0.25) is 9.48 Å². The van der Waals surface area contributed by atoms with Crippen LogP contribution in [0.2, 0.25) is 0 Å². The van der Waals surface area contributed by atoms with Gasteiger partial charge in [-0.15, -0.1) is 0 Å². The fourth-order valence-electron chi connectivity index (χ4n) is 4.05. The third kappa shape index (κ3) is 4.37. The maximum absolute atomic E-state index is 12.5. The number of fused-ring (bicyclic) bond motifs is 1. The number of likely N-dealkylation sites (N-methyl/N-ethyl adjacent to an activating group) is 1. The van der Waals surface area contributed by atoms with Gasteiger partial charge >= 0.3 is 0 Å². The van der Waals surface area contributed by atoms with Crippen molar-refractivity contribution in [3.8, 4) is 5.88 Å². The highest BCUT2D eigenvalue weighted by atomic mass is 16.5. The highest BCUT2D eigenvalue weighted by molar-refractivity contribution is 6.04. The normalized spacial score (nSPS) is 15.5. The van der Waals surface area contributed by atoms with E-state index in [1.165, 1.54) is 0 Å². The van der Waals surface area contributed by atoms with Gasteiger partial charge in [0.2, 0.25) is 11.8 Å². The Bertz CT molecular complexity index is 1130. The van der Waals surface area contributed by atoms with Gasteiger partial charge in [0.05, 0.1) is 42.6 Å². The van der Waals surface area contributed by atoms with Crippen molar-refractivity contribution in [3.05, 3.63) is 53.6 Å². The Labute approximate surface area is 187 Å². The number of aryl methyl sites for hydroxylation is 1. The maximum Gasteiger partial charge on any atom is 0.247 e. The molecule has 1 amide bonds. The lowest BCUT2D eigenvalue weighted by Crippen LogP contribution is -2.49. The van der Waals surface area contributed by atoms with Gasteiger partial charge in [-0.2, -0.15) is 5.10 Å². The van der Waals surface area contributed by atoms with Gasteiger partial charge in [-0.25, -0.2) is 9.97 Å². The molecule has 1 atom stereocenters. The van der Waals surface area contributed by atoms with E-state index < -0.39 is 0 Å². The number of nitrogens with one attached hydrogen (secondary N) is 2. The average Bonchev–Trinajstić information content (AvgIpc) is 3.20. The second kappa shape index (κ2) is 8.86. The van der Waals surface area contributed by atoms with Gasteiger partial charge in [-0.05, 0) is 18.9 Å². The summed E-state index contributed by atoms with van der Waals surface area (Å²) in [6.07, 6.45) is 3.82. The van der Waals surface area contributed by atoms with Crippen LogP contribution in [-0.4, -0.2) is 45.9 Å². The fourth-order valence-corrected chi connectivity index (χ4v) is 4.05. The van der Waals surface area contributed by atoms with Crippen molar-refractivity contribution in [3.63, 3.8) is 0 Å². The number of pyridine rings is 2. The summed E-state index contributed by atoms with van der Waals surface area (Å²) in [5.74, 6) is 1.56. The molecule has 0 bridgehead atoms. The molecule has 4 rings (SSSR count). The van der Waals surface area contributed by atoms with Crippen molar-refractivity contribution >= 4 is 23.1 Å². The number of hydrogen-bond acceptors (Lipinski definition) is 7. The maximum atomic E-state index is 12.5. The number of nitrogens with zero attached hydrogens (tertiary/aromatic N) is 5. The summed E-state index contributed by atoms with van der Waals surface area (Å²) in [5.41, 5.74) is 4.44. The highest BCUT2D eigenvalue weighted by Gasteiger charge is 2.34. The smallest absolute Gasteiger partial charge is 0.247 e. The summed E-state index contributed by atoms with van der Waals surface area (Å²) in [6, 6.07) is 7.46.